The maximum atomic E-state index is 14.9. The first-order valence-electron chi connectivity index (χ1n) is 11.3. The number of pyridine rings is 1. The Balaban J connectivity index is 1.31. The van der Waals surface area contributed by atoms with Crippen LogP contribution in [0.3, 0.4) is 0 Å². The maximum absolute atomic E-state index is 14.9. The second-order valence-corrected chi connectivity index (χ2v) is 10.6. The first kappa shape index (κ1) is 20.7. The number of carbonyl (C=O) groups is 1. The molecule has 1 spiro atoms. The number of amides is 1. The highest BCUT2D eigenvalue weighted by atomic mass is 32.2. The fourth-order valence-electron chi connectivity index (χ4n) is 5.66. The minimum absolute atomic E-state index is 0.134. The van der Waals surface area contributed by atoms with Crippen LogP contribution in [0.4, 0.5) is 4.39 Å². The van der Waals surface area contributed by atoms with Gasteiger partial charge >= 0.3 is 0 Å². The molecule has 1 saturated heterocycles. The van der Waals surface area contributed by atoms with Crippen molar-refractivity contribution in [3.8, 4) is 5.75 Å². The summed E-state index contributed by atoms with van der Waals surface area (Å²) in [4.78, 5) is 24.4. The smallest absolute Gasteiger partial charge is 0.239 e. The van der Waals surface area contributed by atoms with E-state index in [2.05, 4.69) is 4.98 Å². The SMILES string of the molecule is COc1ccc(/C(F)=C/c2ccc3c(c2)[C@@]2(C3)N=C(N)S[C@@]3(C(=O)N4CCCC4)C[C@H]32)nc1. The molecule has 1 aromatic carbocycles. The van der Waals surface area contributed by atoms with Crippen LogP contribution < -0.4 is 10.5 Å². The molecular weight excluding hydrogens is 439 g/mol. The van der Waals surface area contributed by atoms with E-state index in [1.807, 2.05) is 23.1 Å². The van der Waals surface area contributed by atoms with Gasteiger partial charge in [-0.2, -0.15) is 0 Å². The molecule has 170 valence electrons. The summed E-state index contributed by atoms with van der Waals surface area (Å²) in [6, 6.07) is 9.22. The fourth-order valence-corrected chi connectivity index (χ4v) is 7.04. The van der Waals surface area contributed by atoms with Gasteiger partial charge in [-0.1, -0.05) is 23.9 Å². The van der Waals surface area contributed by atoms with Crippen molar-refractivity contribution < 1.29 is 13.9 Å². The van der Waals surface area contributed by atoms with Crippen molar-refractivity contribution in [2.75, 3.05) is 20.2 Å². The number of rotatable bonds is 4. The van der Waals surface area contributed by atoms with E-state index < -0.39 is 16.1 Å². The lowest BCUT2D eigenvalue weighted by atomic mass is 9.66. The third-order valence-corrected chi connectivity index (χ3v) is 8.70. The van der Waals surface area contributed by atoms with Gasteiger partial charge in [0.1, 0.15) is 16.3 Å². The molecule has 4 aliphatic rings. The Bertz CT molecular complexity index is 1210. The molecule has 2 fully saturated rings. The number of ether oxygens (including phenoxy) is 1. The number of carbonyl (C=O) groups excluding carboxylic acids is 1. The zero-order valence-corrected chi connectivity index (χ0v) is 19.2. The van der Waals surface area contributed by atoms with Crippen molar-refractivity contribution in [1.82, 2.24) is 9.88 Å². The van der Waals surface area contributed by atoms with Gasteiger partial charge in [-0.3, -0.25) is 9.79 Å². The van der Waals surface area contributed by atoms with Crippen LogP contribution in [-0.4, -0.2) is 45.9 Å². The molecule has 6 nitrogen and oxygen atoms in total. The third kappa shape index (κ3) is 3.10. The molecule has 2 aromatic rings. The number of aliphatic imine (C=N–C) groups is 1. The van der Waals surface area contributed by atoms with E-state index in [0.29, 0.717) is 10.9 Å². The predicted octanol–water partition coefficient (Wildman–Crippen LogP) is 3.75. The monoisotopic (exact) mass is 464 g/mol. The number of nitrogens with two attached hydrogens (primary N) is 1. The van der Waals surface area contributed by atoms with Crippen LogP contribution in [0.5, 0.6) is 5.75 Å². The van der Waals surface area contributed by atoms with Gasteiger partial charge in [-0.05, 0) is 60.2 Å². The lowest BCUT2D eigenvalue weighted by molar-refractivity contribution is -0.130. The van der Waals surface area contributed by atoms with Gasteiger partial charge in [0.05, 0.1) is 24.5 Å². The highest BCUT2D eigenvalue weighted by Gasteiger charge is 2.74. The molecule has 33 heavy (non-hydrogen) atoms. The zero-order chi connectivity index (χ0) is 22.8. The lowest BCUT2D eigenvalue weighted by Crippen LogP contribution is -2.50. The molecule has 2 aliphatic heterocycles. The fraction of sp³-hybridized carbons (Fsp3) is 0.400. The maximum Gasteiger partial charge on any atom is 0.239 e. The molecule has 6 rings (SSSR count). The molecule has 3 heterocycles. The van der Waals surface area contributed by atoms with Crippen molar-refractivity contribution in [1.29, 1.82) is 0 Å². The second kappa shape index (κ2) is 7.32. The van der Waals surface area contributed by atoms with Crippen LogP contribution in [0.25, 0.3) is 11.9 Å². The molecule has 2 N–H and O–H groups in total. The summed E-state index contributed by atoms with van der Waals surface area (Å²) >= 11 is 1.45. The van der Waals surface area contributed by atoms with Crippen LogP contribution in [0.2, 0.25) is 0 Å². The number of hydrogen-bond acceptors (Lipinski definition) is 6. The predicted molar refractivity (Wildman–Crippen MR) is 127 cm³/mol. The summed E-state index contributed by atoms with van der Waals surface area (Å²) in [6.07, 6.45) is 6.69. The summed E-state index contributed by atoms with van der Waals surface area (Å²) in [5.41, 5.74) is 9.06. The first-order valence-corrected chi connectivity index (χ1v) is 12.1. The molecule has 3 atom stereocenters. The molecule has 1 saturated carbocycles. The minimum Gasteiger partial charge on any atom is -0.495 e. The standard InChI is InChI=1S/C25H25FN4O2S/c1-32-17-6-7-20(28-14-17)19(26)11-15-4-5-16-12-24(18(16)10-15)21-13-25(21,33-23(27)29-24)22(31)30-8-2-3-9-30/h4-7,10-11,14,21H,2-3,8-9,12-13H2,1H3,(H2,27,29)/b19-11-/t21-,24+,25-/m0/s1. The van der Waals surface area contributed by atoms with Gasteiger partial charge in [-0.25, -0.2) is 9.37 Å². The summed E-state index contributed by atoms with van der Waals surface area (Å²) in [5.74, 6) is 0.512. The van der Waals surface area contributed by atoms with Crippen molar-refractivity contribution in [2.24, 2.45) is 16.6 Å². The summed E-state index contributed by atoms with van der Waals surface area (Å²) < 4.78 is 19.5. The molecule has 2 aliphatic carbocycles. The summed E-state index contributed by atoms with van der Waals surface area (Å²) in [7, 11) is 1.55. The van der Waals surface area contributed by atoms with Crippen molar-refractivity contribution in [3.05, 3.63) is 58.9 Å². The number of thioether (sulfide) groups is 1. The molecular formula is C25H25FN4O2S. The quantitative estimate of drug-likeness (QED) is 0.745. The van der Waals surface area contributed by atoms with E-state index in [1.165, 1.54) is 29.6 Å². The Morgan fingerprint density at radius 1 is 1.30 bits per heavy atom. The number of aromatic nitrogens is 1. The Morgan fingerprint density at radius 3 is 2.85 bits per heavy atom. The van der Waals surface area contributed by atoms with Crippen LogP contribution in [0, 0.1) is 5.92 Å². The number of nitrogens with zero attached hydrogens (tertiary/aromatic N) is 3. The largest absolute Gasteiger partial charge is 0.495 e. The van der Waals surface area contributed by atoms with Crippen LogP contribution in [-0.2, 0) is 16.8 Å². The van der Waals surface area contributed by atoms with E-state index in [0.717, 1.165) is 49.9 Å². The van der Waals surface area contributed by atoms with E-state index in [1.54, 1.807) is 19.2 Å². The molecule has 0 radical (unpaired) electrons. The number of benzene rings is 1. The van der Waals surface area contributed by atoms with Gasteiger partial charge < -0.3 is 15.4 Å². The third-order valence-electron chi connectivity index (χ3n) is 7.41. The van der Waals surface area contributed by atoms with E-state index in [-0.39, 0.29) is 17.5 Å². The summed E-state index contributed by atoms with van der Waals surface area (Å²) in [6.45, 7) is 1.67. The normalized spacial score (nSPS) is 29.8. The molecule has 0 bridgehead atoms. The van der Waals surface area contributed by atoms with Crippen molar-refractivity contribution in [3.63, 3.8) is 0 Å². The van der Waals surface area contributed by atoms with Gasteiger partial charge in [0.25, 0.3) is 0 Å². The molecule has 8 heteroatoms. The van der Waals surface area contributed by atoms with Gasteiger partial charge in [0, 0.05) is 25.4 Å². The van der Waals surface area contributed by atoms with Crippen LogP contribution in [0.15, 0.2) is 41.5 Å². The van der Waals surface area contributed by atoms with E-state index in [4.69, 9.17) is 15.5 Å². The first-order chi connectivity index (χ1) is 15.9. The zero-order valence-electron chi connectivity index (χ0n) is 18.4. The Kier molecular flexibility index (Phi) is 4.59. The number of methoxy groups -OCH3 is 1. The lowest BCUT2D eigenvalue weighted by Gasteiger charge is -2.45. The summed E-state index contributed by atoms with van der Waals surface area (Å²) in [5, 5.41) is 0.483. The van der Waals surface area contributed by atoms with E-state index in [9.17, 15) is 9.18 Å². The number of halogens is 1. The highest BCUT2D eigenvalue weighted by Crippen LogP contribution is 2.70. The van der Waals surface area contributed by atoms with E-state index >= 15 is 0 Å². The average Bonchev–Trinajstić information content (AvgIpc) is 3.31. The van der Waals surface area contributed by atoms with Crippen LogP contribution in [0.1, 0.15) is 41.6 Å². The molecule has 0 unspecified atom stereocenters. The molecule has 1 amide bonds. The minimum atomic E-state index is -0.488. The second-order valence-electron chi connectivity index (χ2n) is 9.29. The van der Waals surface area contributed by atoms with Crippen molar-refractivity contribution >= 4 is 34.7 Å². The average molecular weight is 465 g/mol. The number of amidine groups is 1. The molecule has 1 aromatic heterocycles. The van der Waals surface area contributed by atoms with Gasteiger partial charge in [0.15, 0.2) is 5.17 Å². The number of hydrogen-bond donors (Lipinski definition) is 1. The van der Waals surface area contributed by atoms with Gasteiger partial charge in [0.2, 0.25) is 5.91 Å². The Morgan fingerprint density at radius 2 is 2.12 bits per heavy atom. The number of likely N-dealkylation sites (tertiary alicyclic amines) is 1. The highest BCUT2D eigenvalue weighted by molar-refractivity contribution is 8.15. The van der Waals surface area contributed by atoms with Crippen LogP contribution >= 0.6 is 11.8 Å². The number of fused-ring (bicyclic) bond motifs is 4. The Hall–Kier alpha value is -2.87. The van der Waals surface area contributed by atoms with Crippen molar-refractivity contribution in [2.45, 2.75) is 36.0 Å². The Labute approximate surface area is 196 Å². The topological polar surface area (TPSA) is 80.8 Å². The van der Waals surface area contributed by atoms with Gasteiger partial charge in [-0.15, -0.1) is 0 Å².